The van der Waals surface area contributed by atoms with E-state index in [1.165, 1.54) is 15.3 Å². The Hall–Kier alpha value is -0.380. The average Bonchev–Trinajstić information content (AvgIpc) is 2.59. The lowest BCUT2D eigenvalue weighted by Gasteiger charge is -2.21. The normalized spacial score (nSPS) is 21.5. The molecule has 1 aromatic rings. The van der Waals surface area contributed by atoms with Crippen LogP contribution in [0.3, 0.4) is 0 Å². The number of nitrogens with two attached hydrogens (primary N) is 1. The molecular weight excluding hydrogens is 182 g/mol. The van der Waals surface area contributed by atoms with Gasteiger partial charge >= 0.3 is 0 Å². The van der Waals surface area contributed by atoms with E-state index >= 15 is 0 Å². The number of rotatable bonds is 2. The molecule has 2 nitrogen and oxygen atoms in total. The quantitative estimate of drug-likeness (QED) is 0.785. The fourth-order valence-corrected chi connectivity index (χ4v) is 2.86. The Morgan fingerprint density at radius 2 is 2.54 bits per heavy atom. The van der Waals surface area contributed by atoms with Gasteiger partial charge in [0.15, 0.2) is 0 Å². The van der Waals surface area contributed by atoms with Gasteiger partial charge in [0.2, 0.25) is 0 Å². The van der Waals surface area contributed by atoms with Crippen LogP contribution in [-0.2, 0) is 17.6 Å². The van der Waals surface area contributed by atoms with Crippen molar-refractivity contribution in [3.05, 3.63) is 21.4 Å². The van der Waals surface area contributed by atoms with Crippen LogP contribution in [-0.4, -0.2) is 13.2 Å². The summed E-state index contributed by atoms with van der Waals surface area (Å²) >= 11 is 1.92. The molecule has 1 aromatic heterocycles. The SMILES string of the molecule is CCc1cc2c(s1)CCO[C@H]2CN. The average molecular weight is 197 g/mol. The molecule has 3 heteroatoms. The number of ether oxygens (including phenoxy) is 1. The second-order valence-electron chi connectivity index (χ2n) is 3.29. The van der Waals surface area contributed by atoms with Crippen LogP contribution in [0.15, 0.2) is 6.07 Å². The summed E-state index contributed by atoms with van der Waals surface area (Å²) in [7, 11) is 0. The molecule has 0 saturated heterocycles. The van der Waals surface area contributed by atoms with E-state index in [1.807, 2.05) is 11.3 Å². The summed E-state index contributed by atoms with van der Waals surface area (Å²) in [6.45, 7) is 3.63. The first-order valence-corrected chi connectivity index (χ1v) is 5.60. The third-order valence-corrected chi connectivity index (χ3v) is 3.81. The van der Waals surface area contributed by atoms with Gasteiger partial charge in [-0.15, -0.1) is 11.3 Å². The summed E-state index contributed by atoms with van der Waals surface area (Å²) in [4.78, 5) is 2.94. The second kappa shape index (κ2) is 3.78. The summed E-state index contributed by atoms with van der Waals surface area (Å²) in [6.07, 6.45) is 2.34. The van der Waals surface area contributed by atoms with Gasteiger partial charge in [0.05, 0.1) is 12.7 Å². The van der Waals surface area contributed by atoms with Crippen LogP contribution in [0.25, 0.3) is 0 Å². The fraction of sp³-hybridized carbons (Fsp3) is 0.600. The highest BCUT2D eigenvalue weighted by molar-refractivity contribution is 7.12. The van der Waals surface area contributed by atoms with Crippen LogP contribution >= 0.6 is 11.3 Å². The molecule has 1 aliphatic rings. The molecule has 2 heterocycles. The number of thiophene rings is 1. The summed E-state index contributed by atoms with van der Waals surface area (Å²) < 4.78 is 5.59. The minimum absolute atomic E-state index is 0.153. The molecule has 0 spiro atoms. The van der Waals surface area contributed by atoms with Gasteiger partial charge in [-0.25, -0.2) is 0 Å². The molecule has 1 aliphatic heterocycles. The van der Waals surface area contributed by atoms with Gasteiger partial charge in [-0.05, 0) is 18.1 Å². The summed E-state index contributed by atoms with van der Waals surface area (Å²) in [6, 6.07) is 2.26. The van der Waals surface area contributed by atoms with E-state index in [0.717, 1.165) is 19.4 Å². The third kappa shape index (κ3) is 1.64. The van der Waals surface area contributed by atoms with E-state index in [4.69, 9.17) is 10.5 Å². The maximum Gasteiger partial charge on any atom is 0.0958 e. The third-order valence-electron chi connectivity index (χ3n) is 2.45. The van der Waals surface area contributed by atoms with E-state index in [2.05, 4.69) is 13.0 Å². The van der Waals surface area contributed by atoms with E-state index in [0.29, 0.717) is 6.54 Å². The van der Waals surface area contributed by atoms with Gasteiger partial charge in [0.25, 0.3) is 0 Å². The molecule has 0 aromatic carbocycles. The number of hydrogen-bond acceptors (Lipinski definition) is 3. The summed E-state index contributed by atoms with van der Waals surface area (Å²) in [5.41, 5.74) is 6.99. The van der Waals surface area contributed by atoms with Gasteiger partial charge in [0.1, 0.15) is 0 Å². The lowest BCUT2D eigenvalue weighted by Crippen LogP contribution is -2.21. The minimum Gasteiger partial charge on any atom is -0.372 e. The topological polar surface area (TPSA) is 35.2 Å². The van der Waals surface area contributed by atoms with Crippen molar-refractivity contribution in [2.75, 3.05) is 13.2 Å². The van der Waals surface area contributed by atoms with Gasteiger partial charge in [-0.1, -0.05) is 6.92 Å². The van der Waals surface area contributed by atoms with Crippen LogP contribution < -0.4 is 5.73 Å². The van der Waals surface area contributed by atoms with E-state index in [-0.39, 0.29) is 6.10 Å². The van der Waals surface area contributed by atoms with Crippen molar-refractivity contribution in [3.8, 4) is 0 Å². The monoisotopic (exact) mass is 197 g/mol. The highest BCUT2D eigenvalue weighted by Gasteiger charge is 2.21. The zero-order valence-corrected chi connectivity index (χ0v) is 8.69. The maximum atomic E-state index is 5.65. The maximum absolute atomic E-state index is 5.65. The fourth-order valence-electron chi connectivity index (χ4n) is 1.72. The highest BCUT2D eigenvalue weighted by Crippen LogP contribution is 2.33. The number of hydrogen-bond donors (Lipinski definition) is 1. The molecule has 0 saturated carbocycles. The Labute approximate surface area is 82.7 Å². The van der Waals surface area contributed by atoms with Gasteiger partial charge in [-0.3, -0.25) is 0 Å². The van der Waals surface area contributed by atoms with E-state index < -0.39 is 0 Å². The largest absolute Gasteiger partial charge is 0.372 e. The predicted molar refractivity (Wildman–Crippen MR) is 55.1 cm³/mol. The molecule has 1 atom stereocenters. The Kier molecular flexibility index (Phi) is 2.67. The number of aryl methyl sites for hydroxylation is 1. The standard InChI is InChI=1S/C10H15NOS/c1-2-7-5-8-9(6-11)12-4-3-10(8)13-7/h5,9H,2-4,6,11H2,1H3/t9-/m0/s1. The lowest BCUT2D eigenvalue weighted by atomic mass is 10.1. The van der Waals surface area contributed by atoms with Crippen molar-refractivity contribution in [3.63, 3.8) is 0 Å². The van der Waals surface area contributed by atoms with Gasteiger partial charge < -0.3 is 10.5 Å². The number of fused-ring (bicyclic) bond motifs is 1. The van der Waals surface area contributed by atoms with Crippen molar-refractivity contribution in [1.82, 2.24) is 0 Å². The van der Waals surface area contributed by atoms with Crippen LogP contribution in [0.2, 0.25) is 0 Å². The van der Waals surface area contributed by atoms with Gasteiger partial charge in [-0.2, -0.15) is 0 Å². The smallest absolute Gasteiger partial charge is 0.0958 e. The van der Waals surface area contributed by atoms with Crippen LogP contribution in [0, 0.1) is 0 Å². The Bertz CT molecular complexity index is 295. The first kappa shape index (κ1) is 9.19. The summed E-state index contributed by atoms with van der Waals surface area (Å²) in [5, 5.41) is 0. The first-order valence-electron chi connectivity index (χ1n) is 4.78. The van der Waals surface area contributed by atoms with Crippen molar-refractivity contribution in [2.45, 2.75) is 25.9 Å². The molecule has 72 valence electrons. The molecule has 0 aliphatic carbocycles. The molecular formula is C10H15NOS. The second-order valence-corrected chi connectivity index (χ2v) is 4.51. The zero-order chi connectivity index (χ0) is 9.26. The van der Waals surface area contributed by atoms with Crippen molar-refractivity contribution < 1.29 is 4.74 Å². The first-order chi connectivity index (χ1) is 6.35. The minimum atomic E-state index is 0.153. The molecule has 0 amide bonds. The van der Waals surface area contributed by atoms with Crippen LogP contribution in [0.5, 0.6) is 0 Å². The molecule has 0 unspecified atom stereocenters. The van der Waals surface area contributed by atoms with Crippen LogP contribution in [0.1, 0.15) is 28.3 Å². The Balaban J connectivity index is 2.32. The predicted octanol–water partition coefficient (Wildman–Crippen LogP) is 1.88. The van der Waals surface area contributed by atoms with E-state index in [1.54, 1.807) is 0 Å². The van der Waals surface area contributed by atoms with Crippen molar-refractivity contribution >= 4 is 11.3 Å². The highest BCUT2D eigenvalue weighted by atomic mass is 32.1. The van der Waals surface area contributed by atoms with Crippen molar-refractivity contribution in [1.29, 1.82) is 0 Å². The molecule has 0 radical (unpaired) electrons. The zero-order valence-electron chi connectivity index (χ0n) is 7.88. The van der Waals surface area contributed by atoms with Crippen molar-refractivity contribution in [2.24, 2.45) is 5.73 Å². The van der Waals surface area contributed by atoms with Gasteiger partial charge in [0, 0.05) is 22.7 Å². The molecule has 2 N–H and O–H groups in total. The summed E-state index contributed by atoms with van der Waals surface area (Å²) in [5.74, 6) is 0. The molecule has 2 rings (SSSR count). The van der Waals surface area contributed by atoms with E-state index in [9.17, 15) is 0 Å². The Morgan fingerprint density at radius 3 is 3.23 bits per heavy atom. The molecule has 0 bridgehead atoms. The molecule has 0 fully saturated rings. The lowest BCUT2D eigenvalue weighted by molar-refractivity contribution is 0.0498. The molecule has 13 heavy (non-hydrogen) atoms. The Morgan fingerprint density at radius 1 is 1.69 bits per heavy atom. The van der Waals surface area contributed by atoms with Crippen LogP contribution in [0.4, 0.5) is 0 Å².